The number of H-pyrrole nitrogens is 1. The summed E-state index contributed by atoms with van der Waals surface area (Å²) >= 11 is 0. The number of fused-ring (bicyclic) bond motifs is 3. The molecule has 176 valence electrons. The van der Waals surface area contributed by atoms with Crippen LogP contribution in [0.25, 0.3) is 11.3 Å². The van der Waals surface area contributed by atoms with Gasteiger partial charge in [0.25, 0.3) is 5.91 Å². The van der Waals surface area contributed by atoms with E-state index in [0.717, 1.165) is 34.0 Å². The Hall–Kier alpha value is -4.39. The third kappa shape index (κ3) is 4.53. The summed E-state index contributed by atoms with van der Waals surface area (Å²) in [7, 11) is 1.59. The number of carbonyl (C=O) groups is 2. The zero-order valence-electron chi connectivity index (χ0n) is 19.7. The zero-order chi connectivity index (χ0) is 24.4. The van der Waals surface area contributed by atoms with Crippen molar-refractivity contribution in [2.24, 2.45) is 0 Å². The highest BCUT2D eigenvalue weighted by Gasteiger charge is 2.26. The number of carbonyl (C=O) groups excluding carboxylic acids is 2. The third-order valence-electron chi connectivity index (χ3n) is 6.14. The van der Waals surface area contributed by atoms with Crippen LogP contribution in [-0.2, 0) is 17.6 Å². The Balaban J connectivity index is 1.32. The van der Waals surface area contributed by atoms with Crippen molar-refractivity contribution in [1.82, 2.24) is 9.97 Å². The number of amides is 2. The second-order valence-corrected chi connectivity index (χ2v) is 8.49. The fraction of sp³-hybridized carbons (Fsp3) is 0.179. The maximum absolute atomic E-state index is 13.5. The van der Waals surface area contributed by atoms with E-state index in [4.69, 9.17) is 4.74 Å². The van der Waals surface area contributed by atoms with Crippen molar-refractivity contribution in [2.45, 2.75) is 19.8 Å². The molecule has 5 rings (SSSR count). The van der Waals surface area contributed by atoms with E-state index in [1.165, 1.54) is 0 Å². The third-order valence-corrected chi connectivity index (χ3v) is 6.14. The summed E-state index contributed by atoms with van der Waals surface area (Å²) in [6.45, 7) is 2.48. The van der Waals surface area contributed by atoms with Gasteiger partial charge in [-0.2, -0.15) is 0 Å². The molecule has 0 unspecified atom stereocenters. The average molecular weight is 467 g/mol. The fourth-order valence-electron chi connectivity index (χ4n) is 4.49. The average Bonchev–Trinajstić information content (AvgIpc) is 3.18. The molecule has 2 heterocycles. The Labute approximate surface area is 203 Å². The van der Waals surface area contributed by atoms with Crippen LogP contribution in [0.5, 0.6) is 5.75 Å². The van der Waals surface area contributed by atoms with E-state index in [1.54, 1.807) is 36.3 Å². The van der Waals surface area contributed by atoms with Gasteiger partial charge in [0.1, 0.15) is 11.6 Å². The molecule has 2 amide bonds. The summed E-state index contributed by atoms with van der Waals surface area (Å²) in [5, 5.41) is 2.89. The van der Waals surface area contributed by atoms with E-state index < -0.39 is 0 Å². The Morgan fingerprint density at radius 2 is 1.77 bits per heavy atom. The first-order chi connectivity index (χ1) is 17.0. The predicted molar refractivity (Wildman–Crippen MR) is 136 cm³/mol. The highest BCUT2D eigenvalue weighted by molar-refractivity contribution is 6.08. The number of imidazole rings is 1. The molecule has 4 aromatic rings. The van der Waals surface area contributed by atoms with Gasteiger partial charge in [-0.25, -0.2) is 4.98 Å². The number of hydrogen-bond acceptors (Lipinski definition) is 4. The predicted octanol–water partition coefficient (Wildman–Crippen LogP) is 4.78. The van der Waals surface area contributed by atoms with Crippen LogP contribution in [0.4, 0.5) is 11.4 Å². The molecule has 0 aliphatic carbocycles. The van der Waals surface area contributed by atoms with Gasteiger partial charge in [0.2, 0.25) is 5.91 Å². The number of aromatic amines is 1. The number of nitrogens with zero attached hydrogens (tertiary/aromatic N) is 2. The number of aromatic nitrogens is 2. The summed E-state index contributed by atoms with van der Waals surface area (Å²) in [6.07, 6.45) is 0.886. The number of nitrogens with one attached hydrogen (secondary N) is 2. The van der Waals surface area contributed by atoms with Crippen molar-refractivity contribution in [3.8, 4) is 17.0 Å². The summed E-state index contributed by atoms with van der Waals surface area (Å²) in [5.41, 5.74) is 5.73. The number of rotatable bonds is 5. The van der Waals surface area contributed by atoms with Crippen molar-refractivity contribution in [2.75, 3.05) is 23.9 Å². The molecule has 0 radical (unpaired) electrons. The molecule has 1 aromatic heterocycles. The van der Waals surface area contributed by atoms with Gasteiger partial charge in [-0.15, -0.1) is 0 Å². The molecule has 7 nitrogen and oxygen atoms in total. The molecule has 1 aliphatic heterocycles. The van der Waals surface area contributed by atoms with Crippen molar-refractivity contribution in [3.63, 3.8) is 0 Å². The van der Waals surface area contributed by atoms with Crippen LogP contribution >= 0.6 is 0 Å². The van der Waals surface area contributed by atoms with Crippen molar-refractivity contribution in [3.05, 3.63) is 95.4 Å². The number of hydrogen-bond donors (Lipinski definition) is 2. The molecular weight excluding hydrogens is 440 g/mol. The maximum atomic E-state index is 13.5. The van der Waals surface area contributed by atoms with Crippen molar-refractivity contribution >= 4 is 23.2 Å². The molecule has 35 heavy (non-hydrogen) atoms. The molecule has 2 N–H and O–H groups in total. The van der Waals surface area contributed by atoms with E-state index in [2.05, 4.69) is 15.3 Å². The number of methoxy groups -OCH3 is 1. The van der Waals surface area contributed by atoms with Crippen LogP contribution in [0, 0.1) is 6.92 Å². The second-order valence-electron chi connectivity index (χ2n) is 8.49. The number of para-hydroxylation sites is 2. The topological polar surface area (TPSA) is 87.3 Å². The largest absolute Gasteiger partial charge is 0.496 e. The molecular formula is C28H26N4O3. The first-order valence-corrected chi connectivity index (χ1v) is 11.5. The molecule has 0 bridgehead atoms. The van der Waals surface area contributed by atoms with Gasteiger partial charge in [-0.1, -0.05) is 36.4 Å². The molecule has 0 saturated carbocycles. The van der Waals surface area contributed by atoms with Crippen LogP contribution in [0.1, 0.15) is 27.4 Å². The lowest BCUT2D eigenvalue weighted by Gasteiger charge is -2.23. The second kappa shape index (κ2) is 9.46. The van der Waals surface area contributed by atoms with Gasteiger partial charge in [0.05, 0.1) is 24.9 Å². The first kappa shape index (κ1) is 22.4. The Kier molecular flexibility index (Phi) is 6.06. The van der Waals surface area contributed by atoms with Gasteiger partial charge in [0, 0.05) is 41.0 Å². The Morgan fingerprint density at radius 1 is 1.03 bits per heavy atom. The summed E-state index contributed by atoms with van der Waals surface area (Å²) in [5.74, 6) is 1.30. The van der Waals surface area contributed by atoms with Gasteiger partial charge in [-0.05, 0) is 43.3 Å². The highest BCUT2D eigenvalue weighted by atomic mass is 16.5. The standard InChI is InChI=1S/C28H26N4O3/c1-18-29-23-15-16-32(24-9-5-4-8-22(24)27(23)30-18)28(34)19-11-13-21(14-12-19)31-26(33)17-20-7-3-6-10-25(20)35-2/h3-14H,15-17H2,1-2H3,(H,29,30)(H,31,33). The fourth-order valence-corrected chi connectivity index (χ4v) is 4.49. The smallest absolute Gasteiger partial charge is 0.258 e. The maximum Gasteiger partial charge on any atom is 0.258 e. The van der Waals surface area contributed by atoms with E-state index >= 15 is 0 Å². The van der Waals surface area contributed by atoms with E-state index in [0.29, 0.717) is 30.0 Å². The van der Waals surface area contributed by atoms with E-state index in [9.17, 15) is 9.59 Å². The van der Waals surface area contributed by atoms with Crippen LogP contribution in [0.15, 0.2) is 72.8 Å². The molecule has 1 aliphatic rings. The summed E-state index contributed by atoms with van der Waals surface area (Å²) in [6, 6.07) is 22.3. The minimum atomic E-state index is -0.154. The van der Waals surface area contributed by atoms with E-state index in [-0.39, 0.29) is 18.2 Å². The SMILES string of the molecule is COc1ccccc1CC(=O)Nc1ccc(C(=O)N2CCc3[nH]c(C)nc3-c3ccccc32)cc1. The van der Waals surface area contributed by atoms with Crippen LogP contribution in [-0.4, -0.2) is 35.4 Å². The summed E-state index contributed by atoms with van der Waals surface area (Å²) < 4.78 is 5.32. The normalized spacial score (nSPS) is 12.3. The number of aryl methyl sites for hydroxylation is 1. The van der Waals surface area contributed by atoms with Crippen LogP contribution in [0.3, 0.4) is 0 Å². The van der Waals surface area contributed by atoms with Crippen molar-refractivity contribution in [1.29, 1.82) is 0 Å². The Morgan fingerprint density at radius 3 is 2.57 bits per heavy atom. The lowest BCUT2D eigenvalue weighted by molar-refractivity contribution is -0.115. The van der Waals surface area contributed by atoms with Gasteiger partial charge < -0.3 is 19.9 Å². The quantitative estimate of drug-likeness (QED) is 0.443. The molecule has 3 aromatic carbocycles. The number of ether oxygens (including phenoxy) is 1. The molecule has 7 heteroatoms. The lowest BCUT2D eigenvalue weighted by Crippen LogP contribution is -2.32. The zero-order valence-corrected chi connectivity index (χ0v) is 19.7. The van der Waals surface area contributed by atoms with Crippen LogP contribution < -0.4 is 15.0 Å². The van der Waals surface area contributed by atoms with Crippen LogP contribution in [0.2, 0.25) is 0 Å². The highest BCUT2D eigenvalue weighted by Crippen LogP contribution is 2.35. The molecule has 0 atom stereocenters. The molecule has 0 spiro atoms. The monoisotopic (exact) mass is 466 g/mol. The van der Waals surface area contributed by atoms with Gasteiger partial charge >= 0.3 is 0 Å². The number of benzene rings is 3. The minimum Gasteiger partial charge on any atom is -0.496 e. The minimum absolute atomic E-state index is 0.0915. The first-order valence-electron chi connectivity index (χ1n) is 11.5. The van der Waals surface area contributed by atoms with E-state index in [1.807, 2.05) is 55.5 Å². The lowest BCUT2D eigenvalue weighted by atomic mass is 10.1. The van der Waals surface area contributed by atoms with Gasteiger partial charge in [0.15, 0.2) is 0 Å². The molecule has 0 fully saturated rings. The molecule has 0 saturated heterocycles. The van der Waals surface area contributed by atoms with Gasteiger partial charge in [-0.3, -0.25) is 9.59 Å². The van der Waals surface area contributed by atoms with Crippen molar-refractivity contribution < 1.29 is 14.3 Å². The number of anilines is 2. The summed E-state index contributed by atoms with van der Waals surface area (Å²) in [4.78, 5) is 35.8. The Bertz CT molecular complexity index is 1390.